The van der Waals surface area contributed by atoms with Gasteiger partial charge in [0.2, 0.25) is 0 Å². The number of halogens is 2. The quantitative estimate of drug-likeness (QED) is 0.695. The third-order valence-electron chi connectivity index (χ3n) is 3.56. The summed E-state index contributed by atoms with van der Waals surface area (Å²) in [4.78, 5) is 2.59. The molecule has 20 heavy (non-hydrogen) atoms. The van der Waals surface area contributed by atoms with E-state index < -0.39 is 0 Å². The van der Waals surface area contributed by atoms with E-state index in [0.29, 0.717) is 18.9 Å². The van der Waals surface area contributed by atoms with E-state index in [-0.39, 0.29) is 51.0 Å². The number of rotatable bonds is 3. The summed E-state index contributed by atoms with van der Waals surface area (Å²) in [5.74, 6) is 2.36. The summed E-state index contributed by atoms with van der Waals surface area (Å²) >= 11 is 0. The van der Waals surface area contributed by atoms with Crippen molar-refractivity contribution in [2.24, 2.45) is 0 Å². The molecule has 1 aromatic rings. The zero-order valence-corrected chi connectivity index (χ0v) is 16.8. The molecule has 0 amide bonds. The fraction of sp³-hybridized carbons (Fsp3) is 0.467. The van der Waals surface area contributed by atoms with Gasteiger partial charge < -0.3 is 4.81 Å². The minimum atomic E-state index is 0. The second-order valence-corrected chi connectivity index (χ2v) is 5.46. The molecule has 2 rings (SSSR count). The second kappa shape index (κ2) is 10.2. The summed E-state index contributed by atoms with van der Waals surface area (Å²) in [6.07, 6.45) is 3.42. The van der Waals surface area contributed by atoms with Gasteiger partial charge in [0, 0.05) is 26.2 Å². The van der Waals surface area contributed by atoms with Gasteiger partial charge in [-0.3, -0.25) is 0 Å². The minimum absolute atomic E-state index is 0. The average molecular weight is 391 g/mol. The molecule has 5 heteroatoms. The molecule has 0 saturated heterocycles. The Bertz CT molecular complexity index is 416. The van der Waals surface area contributed by atoms with Crippen molar-refractivity contribution in [3.8, 4) is 0 Å². The van der Waals surface area contributed by atoms with Crippen molar-refractivity contribution in [2.45, 2.75) is 46.1 Å². The Morgan fingerprint density at radius 2 is 1.55 bits per heavy atom. The molecule has 0 bridgehead atoms. The number of nitrogens with zero attached hydrogens (tertiary/aromatic N) is 1. The Labute approximate surface area is 155 Å². The van der Waals surface area contributed by atoms with Crippen LogP contribution >= 0.6 is 24.8 Å². The van der Waals surface area contributed by atoms with E-state index in [2.05, 4.69) is 68.8 Å². The molecule has 0 radical (unpaired) electrons. The van der Waals surface area contributed by atoms with Crippen LogP contribution in [-0.4, -0.2) is 23.7 Å². The first-order chi connectivity index (χ1) is 8.09. The van der Waals surface area contributed by atoms with Crippen LogP contribution in [0.5, 0.6) is 0 Å². The van der Waals surface area contributed by atoms with Crippen LogP contribution in [0.4, 0.5) is 0 Å². The van der Waals surface area contributed by atoms with E-state index >= 15 is 0 Å². The molecule has 1 heterocycles. The second-order valence-electron chi connectivity index (χ2n) is 5.46. The predicted molar refractivity (Wildman–Crippen MR) is 91.5 cm³/mol. The van der Waals surface area contributed by atoms with Crippen LogP contribution in [0.1, 0.15) is 38.8 Å². The average Bonchev–Trinajstić information content (AvgIpc) is 2.28. The van der Waals surface area contributed by atoms with Crippen LogP contribution in [0.15, 0.2) is 30.2 Å². The zero-order valence-electron chi connectivity index (χ0n) is 12.7. The van der Waals surface area contributed by atoms with Crippen molar-refractivity contribution in [3.05, 3.63) is 41.4 Å². The summed E-state index contributed by atoms with van der Waals surface area (Å²) < 4.78 is 0. The molecule has 0 spiro atoms. The Balaban J connectivity index is 0. The van der Waals surface area contributed by atoms with E-state index in [1.807, 2.05) is 0 Å². The van der Waals surface area contributed by atoms with Crippen molar-refractivity contribution >= 4 is 37.7 Å². The molecular weight excluding hydrogens is 367 g/mol. The van der Waals surface area contributed by atoms with Gasteiger partial charge in [-0.25, -0.2) is 0 Å². The molecule has 1 aromatic carbocycles. The third-order valence-corrected chi connectivity index (χ3v) is 3.56. The fourth-order valence-corrected chi connectivity index (χ4v) is 2.96. The molecule has 0 N–H and O–H groups in total. The molecule has 0 aliphatic carbocycles. The van der Waals surface area contributed by atoms with Gasteiger partial charge in [-0.05, 0) is 29.5 Å². The summed E-state index contributed by atoms with van der Waals surface area (Å²) in [5, 5.41) is 0. The molecule has 1 nitrogen and oxygen atoms in total. The van der Waals surface area contributed by atoms with Gasteiger partial charge in [0.1, 0.15) is 0 Å². The summed E-state index contributed by atoms with van der Waals surface area (Å²) in [6.45, 7) is 9.69. The molecular formula is C15H24BCl2NZr. The maximum atomic E-state index is 2.59. The summed E-state index contributed by atoms with van der Waals surface area (Å²) in [7, 11) is 0. The van der Waals surface area contributed by atoms with Gasteiger partial charge in [-0.15, -0.1) is 24.8 Å². The van der Waals surface area contributed by atoms with Crippen LogP contribution < -0.4 is 0 Å². The van der Waals surface area contributed by atoms with Crippen LogP contribution in [0.25, 0.3) is 6.08 Å². The fourth-order valence-electron chi connectivity index (χ4n) is 2.96. The van der Waals surface area contributed by atoms with Crippen LogP contribution in [0.3, 0.4) is 0 Å². The zero-order chi connectivity index (χ0) is 12.4. The van der Waals surface area contributed by atoms with Crippen LogP contribution in [-0.2, 0) is 32.5 Å². The van der Waals surface area contributed by atoms with E-state index in [1.165, 1.54) is 11.1 Å². The maximum Gasteiger partial charge on any atom is 0.254 e. The van der Waals surface area contributed by atoms with Crippen molar-refractivity contribution in [2.75, 3.05) is 0 Å². The summed E-state index contributed by atoms with van der Waals surface area (Å²) in [5.41, 5.74) is 2.86. The molecule has 0 atom stereocenters. The Kier molecular flexibility index (Phi) is 11.6. The first kappa shape index (κ1) is 22.7. The van der Waals surface area contributed by atoms with Crippen molar-refractivity contribution < 1.29 is 26.2 Å². The van der Waals surface area contributed by atoms with Gasteiger partial charge in [0.05, 0.1) is 0 Å². The normalized spacial score (nSPS) is 12.7. The van der Waals surface area contributed by atoms with Crippen LogP contribution in [0, 0.1) is 0 Å². The molecule has 0 saturated carbocycles. The molecule has 0 aromatic heterocycles. The topological polar surface area (TPSA) is 3.24 Å². The summed E-state index contributed by atoms with van der Waals surface area (Å²) in [6, 6.07) is 9.91. The van der Waals surface area contributed by atoms with Gasteiger partial charge in [0.25, 0.3) is 6.85 Å². The number of fused-ring (bicyclic) bond motifs is 1. The first-order valence-electron chi connectivity index (χ1n) is 6.63. The van der Waals surface area contributed by atoms with Gasteiger partial charge in [-0.1, -0.05) is 64.0 Å². The largest absolute Gasteiger partial charge is 0.334 e. The van der Waals surface area contributed by atoms with Crippen molar-refractivity contribution in [3.63, 3.8) is 0 Å². The number of hydrogen-bond donors (Lipinski definition) is 0. The Hall–Kier alpha value is 0.448. The van der Waals surface area contributed by atoms with E-state index in [4.69, 9.17) is 0 Å². The van der Waals surface area contributed by atoms with E-state index in [1.54, 1.807) is 0 Å². The van der Waals surface area contributed by atoms with Gasteiger partial charge >= 0.3 is 0 Å². The first-order valence-corrected chi connectivity index (χ1v) is 6.63. The third kappa shape index (κ3) is 5.33. The monoisotopic (exact) mass is 389 g/mol. The predicted octanol–water partition coefficient (Wildman–Crippen LogP) is 4.29. The minimum Gasteiger partial charge on any atom is -0.334 e. The maximum absolute atomic E-state index is 2.59. The molecule has 0 fully saturated rings. The van der Waals surface area contributed by atoms with E-state index in [0.717, 1.165) is 6.32 Å². The molecule has 0 unspecified atom stereocenters. The van der Waals surface area contributed by atoms with Gasteiger partial charge in [-0.2, -0.15) is 0 Å². The van der Waals surface area contributed by atoms with Crippen molar-refractivity contribution in [1.82, 2.24) is 4.81 Å². The molecule has 1 aliphatic rings. The van der Waals surface area contributed by atoms with Crippen molar-refractivity contribution in [1.29, 1.82) is 0 Å². The smallest absolute Gasteiger partial charge is 0.254 e. The van der Waals surface area contributed by atoms with Crippen LogP contribution in [0.2, 0.25) is 0 Å². The van der Waals surface area contributed by atoms with Gasteiger partial charge in [0.15, 0.2) is 0 Å². The number of hydrogen-bond acceptors (Lipinski definition) is 1. The SMILES string of the molecule is CC(C)N(B1C=Cc2ccccc2C1)C(C)C.Cl.Cl.[Zr]. The number of benzene rings is 1. The van der Waals surface area contributed by atoms with E-state index in [9.17, 15) is 0 Å². The standard InChI is InChI=1S/C15H22BN.2ClH.Zr/c1-12(2)17(13(3)4)16-10-9-14-7-5-6-8-15(14)11-16;;;/h5-10,12-13H,11H2,1-4H3;2*1H;. The Morgan fingerprint density at radius 3 is 2.10 bits per heavy atom. The Morgan fingerprint density at radius 1 is 1.00 bits per heavy atom. The molecule has 1 aliphatic heterocycles. The molecule has 110 valence electrons.